The van der Waals surface area contributed by atoms with Gasteiger partial charge in [0.05, 0.1) is 21.8 Å². The third-order valence-electron chi connectivity index (χ3n) is 7.18. The first-order chi connectivity index (χ1) is 11.7. The zero-order valence-electron chi connectivity index (χ0n) is 14.5. The molecule has 0 spiro atoms. The zero-order valence-corrected chi connectivity index (χ0v) is 17.5. The summed E-state index contributed by atoms with van der Waals surface area (Å²) in [7, 11) is 0. The Bertz CT molecular complexity index is 678. The lowest BCUT2D eigenvalue weighted by molar-refractivity contribution is -0.0814. The van der Waals surface area contributed by atoms with Crippen LogP contribution in [0.3, 0.4) is 0 Å². The maximum Gasteiger partial charge on any atom is 0.0752 e. The van der Waals surface area contributed by atoms with Gasteiger partial charge in [-0.05, 0) is 50.9 Å². The maximum atomic E-state index is 6.68. The minimum atomic E-state index is -0.126. The van der Waals surface area contributed by atoms with Crippen LogP contribution in [0.4, 0.5) is 0 Å². The molecule has 3 fully saturated rings. The smallest absolute Gasteiger partial charge is 0.0752 e. The fraction of sp³-hybridized carbons (Fsp3) is 0.700. The van der Waals surface area contributed by atoms with E-state index in [2.05, 4.69) is 32.9 Å². The van der Waals surface area contributed by atoms with Crippen molar-refractivity contribution in [2.45, 2.75) is 38.9 Å². The Hall–Kier alpha value is 0.340. The summed E-state index contributed by atoms with van der Waals surface area (Å²) in [4.78, 5) is 0. The number of ether oxygens (including phenoxy) is 1. The first-order valence-electron chi connectivity index (χ1n) is 9.17. The summed E-state index contributed by atoms with van der Waals surface area (Å²) in [5.41, 5.74) is -0.126. The SMILES string of the molecule is CC(C)(C)OC1C2C=C[C@H]1C1C2[C@H]2C[C@@H]1[C@@H]1C(Cl)=C(Cl)C(Cl)=C(Cl)[C@@H]12. The molecular weight excluding hydrogens is 398 g/mol. The maximum absolute atomic E-state index is 6.68. The molecule has 25 heavy (non-hydrogen) atoms. The molecule has 0 amide bonds. The van der Waals surface area contributed by atoms with Crippen LogP contribution in [-0.4, -0.2) is 11.7 Å². The minimum Gasteiger partial charge on any atom is -0.371 e. The fourth-order valence-corrected chi connectivity index (χ4v) is 8.11. The van der Waals surface area contributed by atoms with Crippen molar-refractivity contribution in [2.75, 3.05) is 0 Å². The van der Waals surface area contributed by atoms with E-state index in [1.165, 1.54) is 6.42 Å². The first kappa shape index (κ1) is 17.4. The van der Waals surface area contributed by atoms with Crippen molar-refractivity contribution in [3.05, 3.63) is 32.3 Å². The third kappa shape index (κ3) is 2.20. The number of allylic oxidation sites excluding steroid dienone is 4. The quantitative estimate of drug-likeness (QED) is 0.348. The van der Waals surface area contributed by atoms with E-state index < -0.39 is 0 Å². The molecule has 0 aliphatic heterocycles. The van der Waals surface area contributed by atoms with E-state index in [0.717, 1.165) is 10.1 Å². The van der Waals surface area contributed by atoms with Crippen molar-refractivity contribution in [3.63, 3.8) is 0 Å². The summed E-state index contributed by atoms with van der Waals surface area (Å²) in [6.07, 6.45) is 6.26. The number of rotatable bonds is 1. The molecule has 9 atom stereocenters. The molecule has 0 heterocycles. The van der Waals surface area contributed by atoms with Gasteiger partial charge in [0.25, 0.3) is 0 Å². The Balaban J connectivity index is 1.54. The molecular formula is C20H22Cl4O. The van der Waals surface area contributed by atoms with Gasteiger partial charge >= 0.3 is 0 Å². The lowest BCUT2D eigenvalue weighted by Gasteiger charge is -2.43. The van der Waals surface area contributed by atoms with Gasteiger partial charge in [-0.15, -0.1) is 0 Å². The van der Waals surface area contributed by atoms with E-state index in [1.54, 1.807) is 0 Å². The number of fused-ring (bicyclic) bond motifs is 12. The van der Waals surface area contributed by atoms with Crippen molar-refractivity contribution in [1.29, 1.82) is 0 Å². The van der Waals surface area contributed by atoms with E-state index in [4.69, 9.17) is 51.1 Å². The Morgan fingerprint density at radius 2 is 1.28 bits per heavy atom. The second kappa shape index (κ2) is 5.45. The molecule has 4 unspecified atom stereocenters. The van der Waals surface area contributed by atoms with Crippen molar-refractivity contribution < 1.29 is 4.74 Å². The molecule has 4 bridgehead atoms. The summed E-state index contributed by atoms with van der Waals surface area (Å²) < 4.78 is 6.49. The van der Waals surface area contributed by atoms with E-state index >= 15 is 0 Å². The van der Waals surface area contributed by atoms with Crippen LogP contribution in [0.25, 0.3) is 0 Å². The van der Waals surface area contributed by atoms with Gasteiger partial charge in [-0.2, -0.15) is 0 Å². The van der Waals surface area contributed by atoms with Crippen molar-refractivity contribution in [1.82, 2.24) is 0 Å². The van der Waals surface area contributed by atoms with Gasteiger partial charge in [0.15, 0.2) is 0 Å². The Morgan fingerprint density at radius 1 is 0.840 bits per heavy atom. The topological polar surface area (TPSA) is 9.23 Å². The highest BCUT2D eigenvalue weighted by molar-refractivity contribution is 6.51. The standard InChI is InChI=1S/C20H22Cl4O/c1-20(2,3)25-19-7-4-5-8(19)12-10-6-9(11(7)12)13-14(10)16(22)18(24)17(23)15(13)21/h4-5,7-14,19H,6H2,1-3H3/t7-,8?,9-,10+,11?,12?,13-,14+,19?/m0/s1. The average molecular weight is 420 g/mol. The second-order valence-corrected chi connectivity index (χ2v) is 10.9. The molecule has 0 saturated heterocycles. The monoisotopic (exact) mass is 418 g/mol. The summed E-state index contributed by atoms with van der Waals surface area (Å²) in [5, 5.41) is 2.37. The first-order valence-corrected chi connectivity index (χ1v) is 10.7. The van der Waals surface area contributed by atoms with Crippen LogP contribution in [-0.2, 0) is 4.74 Å². The van der Waals surface area contributed by atoms with Crippen molar-refractivity contribution in [2.24, 2.45) is 47.3 Å². The van der Waals surface area contributed by atoms with E-state index in [-0.39, 0.29) is 23.5 Å². The predicted molar refractivity (Wildman–Crippen MR) is 104 cm³/mol. The summed E-state index contributed by atoms with van der Waals surface area (Å²) in [6.45, 7) is 6.44. The lowest BCUT2D eigenvalue weighted by Crippen LogP contribution is -2.39. The highest BCUT2D eigenvalue weighted by atomic mass is 35.5. The van der Waals surface area contributed by atoms with Gasteiger partial charge in [-0.3, -0.25) is 0 Å². The number of hydrogen-bond acceptors (Lipinski definition) is 1. The van der Waals surface area contributed by atoms with Gasteiger partial charge in [0.1, 0.15) is 0 Å². The van der Waals surface area contributed by atoms with Gasteiger partial charge in [-0.1, -0.05) is 58.6 Å². The van der Waals surface area contributed by atoms with Crippen LogP contribution in [0.2, 0.25) is 0 Å². The summed E-state index contributed by atoms with van der Waals surface area (Å²) in [5.74, 6) is 3.79. The predicted octanol–water partition coefficient (Wildman–Crippen LogP) is 6.49. The van der Waals surface area contributed by atoms with Crippen LogP contribution in [0.1, 0.15) is 27.2 Å². The van der Waals surface area contributed by atoms with E-state index in [0.29, 0.717) is 45.6 Å². The van der Waals surface area contributed by atoms with Gasteiger partial charge in [-0.25, -0.2) is 0 Å². The summed E-state index contributed by atoms with van der Waals surface area (Å²) >= 11 is 26.1. The highest BCUT2D eigenvalue weighted by Gasteiger charge is 2.69. The third-order valence-corrected chi connectivity index (χ3v) is 9.13. The molecule has 1 nitrogen and oxygen atoms in total. The van der Waals surface area contributed by atoms with E-state index in [9.17, 15) is 0 Å². The van der Waals surface area contributed by atoms with Gasteiger partial charge in [0, 0.05) is 33.7 Å². The largest absolute Gasteiger partial charge is 0.371 e. The van der Waals surface area contributed by atoms with Gasteiger partial charge in [0.2, 0.25) is 0 Å². The van der Waals surface area contributed by atoms with Crippen molar-refractivity contribution >= 4 is 46.4 Å². The molecule has 5 aliphatic carbocycles. The number of hydrogen-bond donors (Lipinski definition) is 0. The van der Waals surface area contributed by atoms with Gasteiger partial charge < -0.3 is 4.74 Å². The normalized spacial score (nSPS) is 50.1. The Kier molecular flexibility index (Phi) is 3.80. The Morgan fingerprint density at radius 3 is 1.68 bits per heavy atom. The molecule has 136 valence electrons. The average Bonchev–Trinajstić information content (AvgIpc) is 3.26. The second-order valence-electron chi connectivity index (χ2n) is 9.33. The van der Waals surface area contributed by atoms with Crippen LogP contribution >= 0.6 is 46.4 Å². The van der Waals surface area contributed by atoms with Crippen LogP contribution < -0.4 is 0 Å². The summed E-state index contributed by atoms with van der Waals surface area (Å²) in [6, 6.07) is 0. The zero-order chi connectivity index (χ0) is 17.8. The molecule has 5 heteroatoms. The van der Waals surface area contributed by atoms with Crippen LogP contribution in [0, 0.1) is 47.3 Å². The molecule has 0 N–H and O–H groups in total. The number of halogens is 4. The molecule has 5 rings (SSSR count). The van der Waals surface area contributed by atoms with Crippen LogP contribution in [0.5, 0.6) is 0 Å². The highest BCUT2D eigenvalue weighted by Crippen LogP contribution is 2.73. The van der Waals surface area contributed by atoms with Crippen molar-refractivity contribution in [3.8, 4) is 0 Å². The molecule has 5 aliphatic rings. The molecule has 0 radical (unpaired) electrons. The molecule has 0 aromatic rings. The molecule has 0 aromatic carbocycles. The molecule has 0 aromatic heterocycles. The van der Waals surface area contributed by atoms with Crippen LogP contribution in [0.15, 0.2) is 32.3 Å². The fourth-order valence-electron chi connectivity index (χ4n) is 6.77. The molecule has 3 saturated carbocycles. The Labute approximate surface area is 169 Å². The minimum absolute atomic E-state index is 0.126. The van der Waals surface area contributed by atoms with E-state index in [1.807, 2.05) is 0 Å². The lowest BCUT2D eigenvalue weighted by atomic mass is 9.63.